The van der Waals surface area contributed by atoms with Crippen LogP contribution in [0.5, 0.6) is 34.5 Å². The zero-order chi connectivity index (χ0) is 31.2. The Balaban J connectivity index is 1.39. The summed E-state index contributed by atoms with van der Waals surface area (Å²) in [4.78, 5) is 0.297. The topological polar surface area (TPSA) is 71.1 Å². The average Bonchev–Trinajstić information content (AvgIpc) is 3.09. The molecule has 0 aromatic heterocycles. The number of ether oxygens (including phenoxy) is 4. The lowest BCUT2D eigenvalue weighted by atomic mass is 10.0. The van der Waals surface area contributed by atoms with Crippen molar-refractivity contribution < 1.29 is 27.4 Å². The van der Waals surface area contributed by atoms with Gasteiger partial charge in [0.1, 0.15) is 34.5 Å². The van der Waals surface area contributed by atoms with E-state index in [1.807, 2.05) is 109 Å². The maximum atomic E-state index is 14.5. The molecule has 0 saturated carbocycles. The zero-order valence-electron chi connectivity index (χ0n) is 24.7. The van der Waals surface area contributed by atoms with Gasteiger partial charge in [0.05, 0.1) is 24.0 Å². The molecule has 0 heterocycles. The molecule has 6 nitrogen and oxygen atoms in total. The van der Waals surface area contributed by atoms with Crippen molar-refractivity contribution in [3.63, 3.8) is 0 Å². The van der Waals surface area contributed by atoms with E-state index in [1.165, 1.54) is 0 Å². The second-order valence-electron chi connectivity index (χ2n) is 10.1. The van der Waals surface area contributed by atoms with Gasteiger partial charge in [-0.25, -0.2) is 8.42 Å². The predicted molar refractivity (Wildman–Crippen MR) is 175 cm³/mol. The molecule has 0 spiro atoms. The molecule has 6 aromatic rings. The minimum atomic E-state index is -4.04. The van der Waals surface area contributed by atoms with Crippen LogP contribution >= 0.6 is 0 Å². The third-order valence-electron chi connectivity index (χ3n) is 7.24. The fourth-order valence-electron chi connectivity index (χ4n) is 4.96. The Morgan fingerprint density at radius 3 is 1.09 bits per heavy atom. The van der Waals surface area contributed by atoms with Gasteiger partial charge in [0.15, 0.2) is 0 Å². The molecule has 0 aliphatic carbocycles. The Kier molecular flexibility index (Phi) is 8.53. The fourth-order valence-corrected chi connectivity index (χ4v) is 6.63. The lowest BCUT2D eigenvalue weighted by Gasteiger charge is -2.17. The molecule has 0 radical (unpaired) electrons. The molecular weight excluding hydrogens is 584 g/mol. The van der Waals surface area contributed by atoms with Crippen molar-refractivity contribution >= 4 is 9.84 Å². The third kappa shape index (κ3) is 6.54. The van der Waals surface area contributed by atoms with Crippen LogP contribution in [0.3, 0.4) is 0 Å². The van der Waals surface area contributed by atoms with Crippen LogP contribution in [0.4, 0.5) is 0 Å². The number of benzene rings is 6. The monoisotopic (exact) mass is 614 g/mol. The Labute approximate surface area is 263 Å². The molecule has 0 fully saturated rings. The first kappa shape index (κ1) is 29.5. The average molecular weight is 615 g/mol. The van der Waals surface area contributed by atoms with Gasteiger partial charge in [-0.05, 0) is 96.1 Å². The second-order valence-corrected chi connectivity index (χ2v) is 12.0. The molecule has 0 atom stereocenters. The maximum Gasteiger partial charge on any atom is 0.207 e. The Bertz CT molecular complexity index is 1860. The van der Waals surface area contributed by atoms with Gasteiger partial charge in [0.25, 0.3) is 0 Å². The van der Waals surface area contributed by atoms with Gasteiger partial charge in [-0.1, -0.05) is 60.7 Å². The molecule has 0 amide bonds. The molecule has 0 aliphatic heterocycles. The number of para-hydroxylation sites is 2. The van der Waals surface area contributed by atoms with Crippen molar-refractivity contribution in [2.75, 3.05) is 14.2 Å². The van der Waals surface area contributed by atoms with E-state index >= 15 is 0 Å². The number of sulfone groups is 1. The van der Waals surface area contributed by atoms with Crippen LogP contribution in [0, 0.1) is 0 Å². The van der Waals surface area contributed by atoms with E-state index in [0.717, 1.165) is 0 Å². The summed E-state index contributed by atoms with van der Waals surface area (Å²) >= 11 is 0. The van der Waals surface area contributed by atoms with E-state index in [1.54, 1.807) is 50.6 Å². The molecule has 0 N–H and O–H groups in total. The Morgan fingerprint density at radius 1 is 0.400 bits per heavy atom. The van der Waals surface area contributed by atoms with E-state index in [-0.39, 0.29) is 9.79 Å². The van der Waals surface area contributed by atoms with Crippen molar-refractivity contribution in [3.05, 3.63) is 146 Å². The second kappa shape index (κ2) is 13.0. The molecule has 0 saturated heterocycles. The summed E-state index contributed by atoms with van der Waals surface area (Å²) in [6, 6.07) is 43.5. The summed E-state index contributed by atoms with van der Waals surface area (Å²) in [7, 11) is -0.933. The van der Waals surface area contributed by atoms with Crippen LogP contribution in [0.15, 0.2) is 155 Å². The molecule has 0 unspecified atom stereocenters. The summed E-state index contributed by atoms with van der Waals surface area (Å²) in [5, 5.41) is 0. The van der Waals surface area contributed by atoms with Crippen LogP contribution in [-0.2, 0) is 9.84 Å². The van der Waals surface area contributed by atoms with E-state index in [2.05, 4.69) is 0 Å². The first-order chi connectivity index (χ1) is 21.9. The third-order valence-corrected chi connectivity index (χ3v) is 9.11. The highest BCUT2D eigenvalue weighted by molar-refractivity contribution is 7.91. The summed E-state index contributed by atoms with van der Waals surface area (Å²) in [5.74, 6) is 3.77. The minimum Gasteiger partial charge on any atom is -0.497 e. The molecule has 6 rings (SSSR count). The van der Waals surface area contributed by atoms with E-state index in [0.29, 0.717) is 56.8 Å². The summed E-state index contributed by atoms with van der Waals surface area (Å²) in [6.45, 7) is 0. The summed E-state index contributed by atoms with van der Waals surface area (Å²) < 4.78 is 51.9. The number of hydrogen-bond donors (Lipinski definition) is 0. The van der Waals surface area contributed by atoms with Crippen molar-refractivity contribution in [1.82, 2.24) is 0 Å². The van der Waals surface area contributed by atoms with Crippen LogP contribution < -0.4 is 18.9 Å². The largest absolute Gasteiger partial charge is 0.497 e. The molecule has 0 aliphatic rings. The number of methoxy groups -OCH3 is 2. The SMILES string of the molecule is COc1ccc(S(=O)(=O)c2ccc(OC)cc2-c2ccc(Oc3ccccc3)cc2)c(-c2ccc(Oc3ccccc3)cc2)c1. The van der Waals surface area contributed by atoms with Gasteiger partial charge in [0, 0.05) is 11.1 Å². The molecule has 7 heteroatoms. The zero-order valence-corrected chi connectivity index (χ0v) is 25.5. The van der Waals surface area contributed by atoms with Crippen molar-refractivity contribution in [3.8, 4) is 56.8 Å². The Hall–Kier alpha value is -5.53. The lowest BCUT2D eigenvalue weighted by molar-refractivity contribution is 0.414. The van der Waals surface area contributed by atoms with E-state index < -0.39 is 9.84 Å². The number of rotatable bonds is 10. The molecule has 45 heavy (non-hydrogen) atoms. The van der Waals surface area contributed by atoms with Crippen LogP contribution in [0.1, 0.15) is 0 Å². The lowest BCUT2D eigenvalue weighted by Crippen LogP contribution is -2.07. The maximum absolute atomic E-state index is 14.5. The highest BCUT2D eigenvalue weighted by Gasteiger charge is 2.26. The van der Waals surface area contributed by atoms with Crippen LogP contribution in [0.2, 0.25) is 0 Å². The van der Waals surface area contributed by atoms with Crippen LogP contribution in [-0.4, -0.2) is 22.6 Å². The minimum absolute atomic E-state index is 0.149. The molecular formula is C38H30O6S. The molecule has 0 bridgehead atoms. The van der Waals surface area contributed by atoms with Crippen molar-refractivity contribution in [1.29, 1.82) is 0 Å². The van der Waals surface area contributed by atoms with Crippen molar-refractivity contribution in [2.45, 2.75) is 9.79 Å². The fraction of sp³-hybridized carbons (Fsp3) is 0.0526. The number of hydrogen-bond acceptors (Lipinski definition) is 6. The van der Waals surface area contributed by atoms with Crippen molar-refractivity contribution in [2.24, 2.45) is 0 Å². The first-order valence-corrected chi connectivity index (χ1v) is 15.7. The van der Waals surface area contributed by atoms with Gasteiger partial charge >= 0.3 is 0 Å². The van der Waals surface area contributed by atoms with E-state index in [9.17, 15) is 8.42 Å². The first-order valence-electron chi connectivity index (χ1n) is 14.2. The van der Waals surface area contributed by atoms with Gasteiger partial charge in [-0.2, -0.15) is 0 Å². The van der Waals surface area contributed by atoms with Crippen LogP contribution in [0.25, 0.3) is 22.3 Å². The van der Waals surface area contributed by atoms with E-state index in [4.69, 9.17) is 18.9 Å². The Morgan fingerprint density at radius 2 is 0.733 bits per heavy atom. The normalized spacial score (nSPS) is 11.1. The standard InChI is InChI=1S/C38H30O6S/c1-41-33-21-23-37(35(25-33)27-13-17-31(18-14-27)43-29-9-5-3-6-10-29)45(39,40)38-24-22-34(42-2)26-36(38)28-15-19-32(20-16-28)44-30-11-7-4-8-12-30/h3-26H,1-2H3. The summed E-state index contributed by atoms with van der Waals surface area (Å²) in [5.41, 5.74) is 2.42. The quantitative estimate of drug-likeness (QED) is 0.153. The molecule has 6 aromatic carbocycles. The summed E-state index contributed by atoms with van der Waals surface area (Å²) in [6.07, 6.45) is 0. The van der Waals surface area contributed by atoms with Gasteiger partial charge in [-0.3, -0.25) is 0 Å². The predicted octanol–water partition coefficient (Wildman–Crippen LogP) is 9.46. The van der Waals surface area contributed by atoms with Gasteiger partial charge in [-0.15, -0.1) is 0 Å². The van der Waals surface area contributed by atoms with Gasteiger partial charge in [0.2, 0.25) is 9.84 Å². The van der Waals surface area contributed by atoms with Gasteiger partial charge < -0.3 is 18.9 Å². The smallest absolute Gasteiger partial charge is 0.207 e. The molecule has 224 valence electrons. The highest BCUT2D eigenvalue weighted by atomic mass is 32.2. The highest BCUT2D eigenvalue weighted by Crippen LogP contribution is 2.40.